The van der Waals surface area contributed by atoms with Crippen LogP contribution in [0.4, 0.5) is 0 Å². The quantitative estimate of drug-likeness (QED) is 0.646. The second kappa shape index (κ2) is 9.06. The van der Waals surface area contributed by atoms with E-state index in [1.807, 2.05) is 12.1 Å². The number of para-hydroxylation sites is 1. The van der Waals surface area contributed by atoms with E-state index in [1.54, 1.807) is 0 Å². The number of aliphatic hydroxyl groups is 1. The standard InChI is InChI=1S/C18H31NO2/c1-5-19-18(4,14-20)12-8-9-13-21-17-11-7-6-10-16(17)15(2)3/h6-7,10-11,15,19-20H,5,8-9,12-14H2,1-4H3. The van der Waals surface area contributed by atoms with Crippen molar-refractivity contribution in [1.82, 2.24) is 5.32 Å². The number of aliphatic hydroxyl groups excluding tert-OH is 1. The Balaban J connectivity index is 2.35. The van der Waals surface area contributed by atoms with Crippen molar-refractivity contribution in [3.05, 3.63) is 29.8 Å². The molecule has 1 atom stereocenters. The van der Waals surface area contributed by atoms with Crippen LogP contribution in [0.3, 0.4) is 0 Å². The third kappa shape index (κ3) is 6.06. The summed E-state index contributed by atoms with van der Waals surface area (Å²) in [4.78, 5) is 0. The fourth-order valence-electron chi connectivity index (χ4n) is 2.54. The molecule has 0 saturated heterocycles. The maximum Gasteiger partial charge on any atom is 0.122 e. The Morgan fingerprint density at radius 1 is 1.24 bits per heavy atom. The summed E-state index contributed by atoms with van der Waals surface area (Å²) in [5, 5.41) is 12.8. The zero-order valence-electron chi connectivity index (χ0n) is 14.0. The molecule has 0 radical (unpaired) electrons. The largest absolute Gasteiger partial charge is 0.493 e. The second-order valence-electron chi connectivity index (χ2n) is 6.25. The Hall–Kier alpha value is -1.06. The van der Waals surface area contributed by atoms with Crippen molar-refractivity contribution in [3.8, 4) is 5.75 Å². The molecule has 21 heavy (non-hydrogen) atoms. The summed E-state index contributed by atoms with van der Waals surface area (Å²) in [6.45, 7) is 10.3. The predicted molar refractivity (Wildman–Crippen MR) is 89.0 cm³/mol. The van der Waals surface area contributed by atoms with E-state index in [0.29, 0.717) is 5.92 Å². The van der Waals surface area contributed by atoms with Gasteiger partial charge in [0.15, 0.2) is 0 Å². The monoisotopic (exact) mass is 293 g/mol. The van der Waals surface area contributed by atoms with Crippen LogP contribution >= 0.6 is 0 Å². The topological polar surface area (TPSA) is 41.5 Å². The lowest BCUT2D eigenvalue weighted by Crippen LogP contribution is -2.45. The molecule has 3 heteroatoms. The molecule has 0 spiro atoms. The average molecular weight is 293 g/mol. The molecule has 120 valence electrons. The molecule has 0 aliphatic rings. The summed E-state index contributed by atoms with van der Waals surface area (Å²) in [7, 11) is 0. The number of rotatable bonds is 10. The van der Waals surface area contributed by atoms with Crippen LogP contribution in [0.2, 0.25) is 0 Å². The first kappa shape index (κ1) is 18.0. The summed E-state index contributed by atoms with van der Waals surface area (Å²) in [6.07, 6.45) is 3.02. The first-order valence-corrected chi connectivity index (χ1v) is 8.10. The van der Waals surface area contributed by atoms with Gasteiger partial charge in [-0.1, -0.05) is 39.0 Å². The van der Waals surface area contributed by atoms with Gasteiger partial charge in [0, 0.05) is 5.54 Å². The van der Waals surface area contributed by atoms with Crippen LogP contribution in [0.15, 0.2) is 24.3 Å². The highest BCUT2D eigenvalue weighted by atomic mass is 16.5. The van der Waals surface area contributed by atoms with E-state index in [-0.39, 0.29) is 12.1 Å². The highest BCUT2D eigenvalue weighted by molar-refractivity contribution is 5.35. The molecule has 0 bridgehead atoms. The molecule has 0 heterocycles. The van der Waals surface area contributed by atoms with Gasteiger partial charge in [-0.15, -0.1) is 0 Å². The minimum Gasteiger partial charge on any atom is -0.493 e. The van der Waals surface area contributed by atoms with E-state index in [2.05, 4.69) is 45.1 Å². The van der Waals surface area contributed by atoms with E-state index in [4.69, 9.17) is 4.74 Å². The van der Waals surface area contributed by atoms with Crippen LogP contribution in [-0.2, 0) is 0 Å². The third-order valence-electron chi connectivity index (χ3n) is 3.87. The Morgan fingerprint density at radius 3 is 2.57 bits per heavy atom. The van der Waals surface area contributed by atoms with E-state index < -0.39 is 0 Å². The van der Waals surface area contributed by atoms with Crippen LogP contribution in [0.25, 0.3) is 0 Å². The summed E-state index contributed by atoms with van der Waals surface area (Å²) in [5.41, 5.74) is 1.11. The van der Waals surface area contributed by atoms with Gasteiger partial charge in [0.05, 0.1) is 13.2 Å². The predicted octanol–water partition coefficient (Wildman–Crippen LogP) is 3.72. The Morgan fingerprint density at radius 2 is 1.95 bits per heavy atom. The Kier molecular flexibility index (Phi) is 7.76. The molecule has 1 unspecified atom stereocenters. The lowest BCUT2D eigenvalue weighted by atomic mass is 9.96. The first-order chi connectivity index (χ1) is 10.0. The molecular weight excluding hydrogens is 262 g/mol. The minimum atomic E-state index is -0.162. The van der Waals surface area contributed by atoms with Crippen molar-refractivity contribution in [2.45, 2.75) is 58.4 Å². The molecule has 1 rings (SSSR count). The number of nitrogens with one attached hydrogen (secondary N) is 1. The molecule has 0 aromatic heterocycles. The van der Waals surface area contributed by atoms with Crippen LogP contribution < -0.4 is 10.1 Å². The van der Waals surface area contributed by atoms with Crippen molar-refractivity contribution in [1.29, 1.82) is 0 Å². The van der Waals surface area contributed by atoms with Gasteiger partial charge in [-0.25, -0.2) is 0 Å². The second-order valence-corrected chi connectivity index (χ2v) is 6.25. The maximum absolute atomic E-state index is 9.45. The molecule has 1 aromatic carbocycles. The van der Waals surface area contributed by atoms with Crippen molar-refractivity contribution in [2.75, 3.05) is 19.8 Å². The van der Waals surface area contributed by atoms with Crippen LogP contribution in [0.1, 0.15) is 58.4 Å². The lowest BCUT2D eigenvalue weighted by Gasteiger charge is -2.28. The molecule has 0 saturated carbocycles. The zero-order valence-corrected chi connectivity index (χ0v) is 14.0. The fraction of sp³-hybridized carbons (Fsp3) is 0.667. The van der Waals surface area contributed by atoms with Gasteiger partial charge < -0.3 is 15.2 Å². The van der Waals surface area contributed by atoms with Gasteiger partial charge in [-0.2, -0.15) is 0 Å². The van der Waals surface area contributed by atoms with E-state index in [1.165, 1.54) is 5.56 Å². The molecule has 0 aliphatic carbocycles. The Labute approximate surface area is 129 Å². The molecule has 0 fully saturated rings. The van der Waals surface area contributed by atoms with Gasteiger partial charge >= 0.3 is 0 Å². The molecule has 0 aliphatic heterocycles. The van der Waals surface area contributed by atoms with Gasteiger partial charge in [0.1, 0.15) is 5.75 Å². The van der Waals surface area contributed by atoms with Crippen molar-refractivity contribution >= 4 is 0 Å². The third-order valence-corrected chi connectivity index (χ3v) is 3.87. The van der Waals surface area contributed by atoms with Crippen LogP contribution in [0.5, 0.6) is 5.75 Å². The first-order valence-electron chi connectivity index (χ1n) is 8.10. The normalized spacial score (nSPS) is 14.2. The summed E-state index contributed by atoms with van der Waals surface area (Å²) in [5.74, 6) is 1.48. The SMILES string of the molecule is CCNC(C)(CO)CCCCOc1ccccc1C(C)C. The Bertz CT molecular complexity index is 406. The van der Waals surface area contributed by atoms with Gasteiger partial charge in [0.2, 0.25) is 0 Å². The smallest absolute Gasteiger partial charge is 0.122 e. The summed E-state index contributed by atoms with van der Waals surface area (Å²) < 4.78 is 5.92. The molecule has 2 N–H and O–H groups in total. The van der Waals surface area contributed by atoms with Gasteiger partial charge in [-0.05, 0) is 50.3 Å². The highest BCUT2D eigenvalue weighted by Gasteiger charge is 2.20. The van der Waals surface area contributed by atoms with Crippen molar-refractivity contribution in [2.24, 2.45) is 0 Å². The van der Waals surface area contributed by atoms with Gasteiger partial charge in [-0.3, -0.25) is 0 Å². The number of hydrogen-bond acceptors (Lipinski definition) is 3. The summed E-state index contributed by atoms with van der Waals surface area (Å²) >= 11 is 0. The number of ether oxygens (including phenoxy) is 1. The van der Waals surface area contributed by atoms with Crippen molar-refractivity contribution in [3.63, 3.8) is 0 Å². The number of hydrogen-bond donors (Lipinski definition) is 2. The number of likely N-dealkylation sites (N-methyl/N-ethyl adjacent to an activating group) is 1. The molecule has 1 aromatic rings. The van der Waals surface area contributed by atoms with Gasteiger partial charge in [0.25, 0.3) is 0 Å². The summed E-state index contributed by atoms with van der Waals surface area (Å²) in [6, 6.07) is 8.26. The average Bonchev–Trinajstić information content (AvgIpc) is 2.47. The number of unbranched alkanes of at least 4 members (excludes halogenated alkanes) is 1. The van der Waals surface area contributed by atoms with E-state index in [0.717, 1.165) is 38.2 Å². The molecule has 3 nitrogen and oxygen atoms in total. The number of benzene rings is 1. The lowest BCUT2D eigenvalue weighted by molar-refractivity contribution is 0.162. The minimum absolute atomic E-state index is 0.162. The highest BCUT2D eigenvalue weighted by Crippen LogP contribution is 2.26. The zero-order chi connectivity index (χ0) is 15.7. The van der Waals surface area contributed by atoms with E-state index >= 15 is 0 Å². The fourth-order valence-corrected chi connectivity index (χ4v) is 2.54. The molecular formula is C18H31NO2. The van der Waals surface area contributed by atoms with Crippen LogP contribution in [0, 0.1) is 0 Å². The van der Waals surface area contributed by atoms with Crippen LogP contribution in [-0.4, -0.2) is 30.4 Å². The molecule has 0 amide bonds. The van der Waals surface area contributed by atoms with E-state index in [9.17, 15) is 5.11 Å². The van der Waals surface area contributed by atoms with Crippen molar-refractivity contribution < 1.29 is 9.84 Å². The maximum atomic E-state index is 9.45.